The molecule has 0 spiro atoms. The molecule has 2 aromatic carbocycles. The average molecular weight is 444 g/mol. The van der Waals surface area contributed by atoms with Gasteiger partial charge in [0.1, 0.15) is 24.5 Å². The predicted octanol–water partition coefficient (Wildman–Crippen LogP) is 2.48. The zero-order valence-electron chi connectivity index (χ0n) is 17.4. The summed E-state index contributed by atoms with van der Waals surface area (Å²) in [5, 5.41) is 19.7. The van der Waals surface area contributed by atoms with E-state index >= 15 is 0 Å². The van der Waals surface area contributed by atoms with E-state index in [2.05, 4.69) is 15.9 Å². The highest BCUT2D eigenvalue weighted by Crippen LogP contribution is 2.29. The smallest absolute Gasteiger partial charge is 0.327 e. The van der Waals surface area contributed by atoms with Gasteiger partial charge in [0.05, 0.1) is 18.7 Å². The van der Waals surface area contributed by atoms with Crippen molar-refractivity contribution < 1.29 is 19.4 Å². The van der Waals surface area contributed by atoms with Crippen molar-refractivity contribution in [2.24, 2.45) is 0 Å². The molecule has 0 aliphatic carbocycles. The van der Waals surface area contributed by atoms with E-state index < -0.39 is 12.1 Å². The Morgan fingerprint density at radius 1 is 1.16 bits per heavy atom. The molecule has 7 nitrogen and oxygen atoms in total. The van der Waals surface area contributed by atoms with E-state index in [1.54, 1.807) is 30.3 Å². The van der Waals surface area contributed by atoms with Crippen LogP contribution in [0.5, 0.6) is 5.75 Å². The minimum Gasteiger partial charge on any atom is -0.491 e. The molecule has 1 saturated heterocycles. The van der Waals surface area contributed by atoms with Crippen LogP contribution >= 0.6 is 11.6 Å². The third-order valence-corrected chi connectivity index (χ3v) is 5.64. The average Bonchev–Trinajstić information content (AvgIpc) is 2.80. The number of methoxy groups -OCH3 is 1. The molecule has 1 aliphatic rings. The minimum atomic E-state index is -0.651. The zero-order chi connectivity index (χ0) is 22.2. The maximum Gasteiger partial charge on any atom is 0.327 e. The molecule has 1 aliphatic heterocycles. The molecule has 0 aromatic heterocycles. The number of hydrogen-bond donors (Lipinski definition) is 1. The lowest BCUT2D eigenvalue weighted by molar-refractivity contribution is -0.148. The van der Waals surface area contributed by atoms with Crippen LogP contribution in [-0.2, 0) is 9.53 Å². The summed E-state index contributed by atoms with van der Waals surface area (Å²) in [7, 11) is 1.38. The lowest BCUT2D eigenvalue weighted by atomic mass is 10.0. The topological polar surface area (TPSA) is 86.0 Å². The monoisotopic (exact) mass is 443 g/mol. The van der Waals surface area contributed by atoms with Gasteiger partial charge >= 0.3 is 5.97 Å². The van der Waals surface area contributed by atoms with Gasteiger partial charge in [-0.15, -0.1) is 0 Å². The number of esters is 1. The number of carbonyl (C=O) groups excluding carboxylic acids is 1. The van der Waals surface area contributed by atoms with Crippen LogP contribution in [0.1, 0.15) is 17.2 Å². The van der Waals surface area contributed by atoms with Crippen LogP contribution in [0.2, 0.25) is 5.02 Å². The number of β-amino-alcohol motifs (C(OH)–C–C–N with tert-alkyl or cyclic N) is 1. The summed E-state index contributed by atoms with van der Waals surface area (Å²) in [6, 6.07) is 15.6. The fraction of sp³-hybridized carbons (Fsp3) is 0.391. The third-order valence-electron chi connectivity index (χ3n) is 5.29. The van der Waals surface area contributed by atoms with Gasteiger partial charge in [-0.05, 0) is 35.9 Å². The summed E-state index contributed by atoms with van der Waals surface area (Å²) < 4.78 is 10.6. The van der Waals surface area contributed by atoms with Crippen LogP contribution in [0.25, 0.3) is 0 Å². The largest absolute Gasteiger partial charge is 0.491 e. The van der Waals surface area contributed by atoms with Crippen molar-refractivity contribution in [2.45, 2.75) is 12.1 Å². The number of hydrogen-bond acceptors (Lipinski definition) is 7. The number of benzene rings is 2. The van der Waals surface area contributed by atoms with Crippen molar-refractivity contribution in [1.29, 1.82) is 5.26 Å². The van der Waals surface area contributed by atoms with Gasteiger partial charge in [-0.1, -0.05) is 29.8 Å². The Bertz CT molecular complexity index is 908. The van der Waals surface area contributed by atoms with E-state index in [1.165, 1.54) is 7.11 Å². The number of rotatable bonds is 8. The second kappa shape index (κ2) is 11.1. The van der Waals surface area contributed by atoms with Crippen molar-refractivity contribution in [3.8, 4) is 11.8 Å². The van der Waals surface area contributed by atoms with E-state index in [1.807, 2.05) is 18.2 Å². The summed E-state index contributed by atoms with van der Waals surface area (Å²) >= 11 is 6.33. The number of ether oxygens (including phenoxy) is 2. The second-order valence-corrected chi connectivity index (χ2v) is 7.79. The minimum absolute atomic E-state index is 0.163. The van der Waals surface area contributed by atoms with Crippen LogP contribution in [0.4, 0.5) is 0 Å². The molecule has 31 heavy (non-hydrogen) atoms. The first kappa shape index (κ1) is 23.0. The molecule has 2 atom stereocenters. The molecule has 2 aromatic rings. The molecule has 3 rings (SSSR count). The van der Waals surface area contributed by atoms with Gasteiger partial charge < -0.3 is 14.6 Å². The fourth-order valence-electron chi connectivity index (χ4n) is 3.65. The number of aliphatic hydroxyl groups excluding tert-OH is 1. The standard InChI is InChI=1S/C23H26ClN3O4/c1-30-23(29)22(20-4-2-3-5-21(20)24)27-12-10-26(11-13-27)15-18(28)16-31-19-8-6-17(14-25)7-9-19/h2-9,18,22,28H,10-13,15-16H2,1H3. The fourth-order valence-corrected chi connectivity index (χ4v) is 3.89. The van der Waals surface area contributed by atoms with Gasteiger partial charge in [0.2, 0.25) is 0 Å². The normalized spacial score (nSPS) is 16.8. The van der Waals surface area contributed by atoms with E-state index in [9.17, 15) is 9.90 Å². The first-order valence-corrected chi connectivity index (χ1v) is 10.5. The summed E-state index contributed by atoms with van der Waals surface area (Å²) in [6.07, 6.45) is -0.651. The van der Waals surface area contributed by atoms with Gasteiger partial charge in [0.25, 0.3) is 0 Å². The summed E-state index contributed by atoms with van der Waals surface area (Å²) in [5.74, 6) is 0.279. The molecule has 1 fully saturated rings. The van der Waals surface area contributed by atoms with E-state index in [-0.39, 0.29) is 12.6 Å². The number of piperazine rings is 1. The molecule has 0 bridgehead atoms. The molecular formula is C23H26ClN3O4. The van der Waals surface area contributed by atoms with Gasteiger partial charge in [-0.2, -0.15) is 5.26 Å². The molecular weight excluding hydrogens is 418 g/mol. The quantitative estimate of drug-likeness (QED) is 0.627. The van der Waals surface area contributed by atoms with Crippen molar-refractivity contribution in [1.82, 2.24) is 9.80 Å². The van der Waals surface area contributed by atoms with Gasteiger partial charge in [-0.3, -0.25) is 9.80 Å². The number of nitriles is 1. The molecule has 1 N–H and O–H groups in total. The summed E-state index contributed by atoms with van der Waals surface area (Å²) in [4.78, 5) is 16.7. The Hall–Kier alpha value is -2.63. The zero-order valence-corrected chi connectivity index (χ0v) is 18.2. The van der Waals surface area contributed by atoms with Gasteiger partial charge in [0, 0.05) is 37.7 Å². The van der Waals surface area contributed by atoms with E-state index in [4.69, 9.17) is 26.3 Å². The highest BCUT2D eigenvalue weighted by atomic mass is 35.5. The maximum atomic E-state index is 12.5. The summed E-state index contributed by atoms with van der Waals surface area (Å²) in [5.41, 5.74) is 1.30. The second-order valence-electron chi connectivity index (χ2n) is 7.38. The van der Waals surface area contributed by atoms with Crippen LogP contribution in [-0.4, -0.2) is 73.4 Å². The number of halogens is 1. The van der Waals surface area contributed by atoms with Gasteiger partial charge in [-0.25, -0.2) is 4.79 Å². The van der Waals surface area contributed by atoms with Crippen LogP contribution in [0.3, 0.4) is 0 Å². The SMILES string of the molecule is COC(=O)C(c1ccccc1Cl)N1CCN(CC(O)COc2ccc(C#N)cc2)CC1. The lowest BCUT2D eigenvalue weighted by Crippen LogP contribution is -2.51. The van der Waals surface area contributed by atoms with Crippen molar-refractivity contribution in [2.75, 3.05) is 46.4 Å². The molecule has 0 radical (unpaired) electrons. The maximum absolute atomic E-state index is 12.5. The Kier molecular flexibility index (Phi) is 8.27. The van der Waals surface area contributed by atoms with Crippen LogP contribution in [0, 0.1) is 11.3 Å². The van der Waals surface area contributed by atoms with Crippen molar-refractivity contribution in [3.05, 3.63) is 64.7 Å². The Morgan fingerprint density at radius 2 is 1.84 bits per heavy atom. The first-order valence-electron chi connectivity index (χ1n) is 10.1. The van der Waals surface area contributed by atoms with Crippen molar-refractivity contribution >= 4 is 17.6 Å². The Labute approximate surface area is 187 Å². The molecule has 164 valence electrons. The predicted molar refractivity (Wildman–Crippen MR) is 117 cm³/mol. The highest BCUT2D eigenvalue weighted by molar-refractivity contribution is 6.31. The van der Waals surface area contributed by atoms with E-state index in [0.717, 1.165) is 5.56 Å². The van der Waals surface area contributed by atoms with Crippen molar-refractivity contribution in [3.63, 3.8) is 0 Å². The molecule has 2 unspecified atom stereocenters. The lowest BCUT2D eigenvalue weighted by Gasteiger charge is -2.39. The highest BCUT2D eigenvalue weighted by Gasteiger charge is 2.32. The summed E-state index contributed by atoms with van der Waals surface area (Å²) in [6.45, 7) is 3.33. The molecule has 0 saturated carbocycles. The molecule has 8 heteroatoms. The number of aliphatic hydroxyl groups is 1. The van der Waals surface area contributed by atoms with E-state index in [0.29, 0.717) is 49.1 Å². The third kappa shape index (κ3) is 6.18. The van der Waals surface area contributed by atoms with Gasteiger partial charge in [0.15, 0.2) is 0 Å². The number of nitrogens with zero attached hydrogens (tertiary/aromatic N) is 3. The first-order chi connectivity index (χ1) is 15.0. The van der Waals surface area contributed by atoms with Crippen LogP contribution in [0.15, 0.2) is 48.5 Å². The van der Waals surface area contributed by atoms with Crippen LogP contribution < -0.4 is 4.74 Å². The molecule has 0 amide bonds. The molecule has 1 heterocycles. The Morgan fingerprint density at radius 3 is 2.45 bits per heavy atom. The Balaban J connectivity index is 1.51. The number of carbonyl (C=O) groups is 1.